The maximum atomic E-state index is 12.9. The van der Waals surface area contributed by atoms with E-state index in [1.54, 1.807) is 12.3 Å². The normalized spacial score (nSPS) is 9.50. The van der Waals surface area contributed by atoms with Crippen molar-refractivity contribution >= 4 is 11.8 Å². The lowest BCUT2D eigenvalue weighted by atomic mass is 10.2. The predicted molar refractivity (Wildman–Crippen MR) is 42.9 cm³/mol. The lowest BCUT2D eigenvalue weighted by Crippen LogP contribution is -1.89. The molecule has 1 aromatic carbocycles. The van der Waals surface area contributed by atoms with E-state index in [-0.39, 0.29) is 10.5 Å². The van der Waals surface area contributed by atoms with Crippen LogP contribution in [0.1, 0.15) is 5.56 Å². The molecule has 0 spiro atoms. The van der Waals surface area contributed by atoms with E-state index in [0.717, 1.165) is 23.9 Å². The van der Waals surface area contributed by atoms with Crippen LogP contribution in [0.2, 0.25) is 0 Å². The van der Waals surface area contributed by atoms with Gasteiger partial charge >= 0.3 is 0 Å². The van der Waals surface area contributed by atoms with Gasteiger partial charge in [0.25, 0.3) is 0 Å². The van der Waals surface area contributed by atoms with Crippen LogP contribution in [0.3, 0.4) is 0 Å². The van der Waals surface area contributed by atoms with Crippen LogP contribution in [-0.2, 0) is 0 Å². The van der Waals surface area contributed by atoms with Gasteiger partial charge < -0.3 is 0 Å². The van der Waals surface area contributed by atoms with E-state index in [1.165, 1.54) is 0 Å². The molecule has 0 radical (unpaired) electrons. The van der Waals surface area contributed by atoms with E-state index < -0.39 is 11.6 Å². The van der Waals surface area contributed by atoms with Gasteiger partial charge in [0.15, 0.2) is 0 Å². The monoisotopic (exact) mass is 185 g/mol. The molecule has 0 saturated carbocycles. The minimum absolute atomic E-state index is 0.0417. The Morgan fingerprint density at radius 3 is 2.58 bits per heavy atom. The Morgan fingerprint density at radius 2 is 2.08 bits per heavy atom. The van der Waals surface area contributed by atoms with Crippen LogP contribution in [0.25, 0.3) is 0 Å². The summed E-state index contributed by atoms with van der Waals surface area (Å²) in [5.41, 5.74) is 0.0417. The van der Waals surface area contributed by atoms with Crippen molar-refractivity contribution in [3.63, 3.8) is 0 Å². The topological polar surface area (TPSA) is 23.8 Å². The van der Waals surface area contributed by atoms with Crippen LogP contribution >= 0.6 is 11.8 Å². The maximum Gasteiger partial charge on any atom is 0.141 e. The highest BCUT2D eigenvalue weighted by Gasteiger charge is 2.09. The van der Waals surface area contributed by atoms with E-state index in [0.29, 0.717) is 0 Å². The van der Waals surface area contributed by atoms with Crippen molar-refractivity contribution in [2.24, 2.45) is 0 Å². The first-order valence-electron chi connectivity index (χ1n) is 3.12. The van der Waals surface area contributed by atoms with Crippen molar-refractivity contribution in [1.82, 2.24) is 0 Å². The van der Waals surface area contributed by atoms with Crippen molar-refractivity contribution in [2.75, 3.05) is 6.26 Å². The number of benzene rings is 1. The SMILES string of the molecule is CSc1c(F)cc(F)cc1C#N. The van der Waals surface area contributed by atoms with E-state index in [1.807, 2.05) is 0 Å². The number of nitrogens with zero attached hydrogens (tertiary/aromatic N) is 1. The van der Waals surface area contributed by atoms with Crippen molar-refractivity contribution in [3.8, 4) is 6.07 Å². The van der Waals surface area contributed by atoms with Crippen LogP contribution in [0.4, 0.5) is 8.78 Å². The van der Waals surface area contributed by atoms with Gasteiger partial charge in [-0.1, -0.05) is 0 Å². The van der Waals surface area contributed by atoms with Crippen LogP contribution in [0.5, 0.6) is 0 Å². The molecule has 0 amide bonds. The van der Waals surface area contributed by atoms with E-state index in [4.69, 9.17) is 5.26 Å². The number of hydrogen-bond acceptors (Lipinski definition) is 2. The Morgan fingerprint density at radius 1 is 1.42 bits per heavy atom. The third kappa shape index (κ3) is 1.56. The van der Waals surface area contributed by atoms with E-state index in [2.05, 4.69) is 0 Å². The molecule has 0 unspecified atom stereocenters. The quantitative estimate of drug-likeness (QED) is 0.628. The van der Waals surface area contributed by atoms with Gasteiger partial charge in [0, 0.05) is 6.07 Å². The Bertz CT molecular complexity index is 344. The second-order valence-corrected chi connectivity index (χ2v) is 2.90. The molecule has 0 aliphatic carbocycles. The first-order valence-corrected chi connectivity index (χ1v) is 4.34. The largest absolute Gasteiger partial charge is 0.207 e. The molecular weight excluding hydrogens is 180 g/mol. The lowest BCUT2D eigenvalue weighted by molar-refractivity contribution is 0.564. The van der Waals surface area contributed by atoms with Gasteiger partial charge in [-0.15, -0.1) is 11.8 Å². The molecule has 0 aliphatic rings. The molecule has 0 saturated heterocycles. The van der Waals surface area contributed by atoms with Gasteiger partial charge in [-0.2, -0.15) is 5.26 Å². The predicted octanol–water partition coefficient (Wildman–Crippen LogP) is 2.56. The summed E-state index contributed by atoms with van der Waals surface area (Å²) in [7, 11) is 0. The molecule has 4 heteroatoms. The summed E-state index contributed by atoms with van der Waals surface area (Å²) in [6.07, 6.45) is 1.64. The Balaban J connectivity index is 3.36. The summed E-state index contributed by atoms with van der Waals surface area (Å²) in [5, 5.41) is 8.50. The Kier molecular flexibility index (Phi) is 2.66. The summed E-state index contributed by atoms with van der Waals surface area (Å²) in [4.78, 5) is 0.193. The van der Waals surface area contributed by atoms with Crippen LogP contribution < -0.4 is 0 Å². The van der Waals surface area contributed by atoms with Crippen molar-refractivity contribution < 1.29 is 8.78 Å². The molecular formula is C8H5F2NS. The lowest BCUT2D eigenvalue weighted by Gasteiger charge is -2.00. The van der Waals surface area contributed by atoms with Gasteiger partial charge in [-0.3, -0.25) is 0 Å². The first kappa shape index (κ1) is 9.01. The summed E-state index contributed by atoms with van der Waals surface area (Å²) in [6.45, 7) is 0. The number of halogens is 2. The number of nitriles is 1. The molecule has 0 aliphatic heterocycles. The molecule has 0 atom stereocenters. The van der Waals surface area contributed by atoms with Gasteiger partial charge in [-0.25, -0.2) is 8.78 Å². The average molecular weight is 185 g/mol. The van der Waals surface area contributed by atoms with Crippen molar-refractivity contribution in [3.05, 3.63) is 29.3 Å². The fraction of sp³-hybridized carbons (Fsp3) is 0.125. The third-order valence-electron chi connectivity index (χ3n) is 1.33. The molecule has 1 aromatic rings. The first-order chi connectivity index (χ1) is 5.69. The Labute approximate surface area is 73.0 Å². The van der Waals surface area contributed by atoms with Gasteiger partial charge in [0.1, 0.15) is 17.7 Å². The molecule has 0 bridgehead atoms. The summed E-state index contributed by atoms with van der Waals surface area (Å²) < 4.78 is 25.4. The maximum absolute atomic E-state index is 12.9. The van der Waals surface area contributed by atoms with E-state index in [9.17, 15) is 8.78 Å². The second-order valence-electron chi connectivity index (χ2n) is 2.08. The molecule has 0 N–H and O–H groups in total. The minimum atomic E-state index is -0.721. The van der Waals surface area contributed by atoms with Gasteiger partial charge in [0.2, 0.25) is 0 Å². The van der Waals surface area contributed by atoms with Crippen LogP contribution in [-0.4, -0.2) is 6.26 Å². The molecule has 62 valence electrons. The number of thioether (sulfide) groups is 1. The number of hydrogen-bond donors (Lipinski definition) is 0. The molecule has 1 rings (SSSR count). The Hall–Kier alpha value is -1.08. The zero-order valence-corrected chi connectivity index (χ0v) is 7.08. The standard InChI is InChI=1S/C8H5F2NS/c1-12-8-5(4-11)2-6(9)3-7(8)10/h2-3H,1H3. The zero-order chi connectivity index (χ0) is 9.14. The van der Waals surface area contributed by atoms with Crippen molar-refractivity contribution in [1.29, 1.82) is 5.26 Å². The van der Waals surface area contributed by atoms with Gasteiger partial charge in [-0.05, 0) is 12.3 Å². The smallest absolute Gasteiger partial charge is 0.141 e. The second kappa shape index (κ2) is 3.55. The molecule has 1 nitrogen and oxygen atoms in total. The van der Waals surface area contributed by atoms with Crippen LogP contribution in [0.15, 0.2) is 17.0 Å². The molecule has 0 aromatic heterocycles. The fourth-order valence-electron chi connectivity index (χ4n) is 0.851. The molecule has 12 heavy (non-hydrogen) atoms. The highest BCUT2D eigenvalue weighted by Crippen LogP contribution is 2.24. The molecule has 0 heterocycles. The van der Waals surface area contributed by atoms with E-state index >= 15 is 0 Å². The van der Waals surface area contributed by atoms with Crippen molar-refractivity contribution in [2.45, 2.75) is 4.90 Å². The average Bonchev–Trinajstić information content (AvgIpc) is 2.03. The third-order valence-corrected chi connectivity index (χ3v) is 2.16. The zero-order valence-electron chi connectivity index (χ0n) is 6.27. The highest BCUT2D eigenvalue weighted by atomic mass is 32.2. The highest BCUT2D eigenvalue weighted by molar-refractivity contribution is 7.98. The molecule has 0 fully saturated rings. The number of rotatable bonds is 1. The summed E-state index contributed by atoms with van der Waals surface area (Å²) in [6, 6.07) is 3.52. The minimum Gasteiger partial charge on any atom is -0.207 e. The summed E-state index contributed by atoms with van der Waals surface area (Å²) in [5.74, 6) is -1.40. The van der Waals surface area contributed by atoms with Crippen LogP contribution in [0, 0.1) is 23.0 Å². The fourth-order valence-corrected chi connectivity index (χ4v) is 1.43. The van der Waals surface area contributed by atoms with Gasteiger partial charge in [0.05, 0.1) is 10.5 Å². The summed E-state index contributed by atoms with van der Waals surface area (Å²) >= 11 is 1.09.